The Morgan fingerprint density at radius 1 is 1.10 bits per heavy atom. The van der Waals surface area contributed by atoms with Crippen molar-refractivity contribution in [1.82, 2.24) is 20.0 Å². The van der Waals surface area contributed by atoms with E-state index >= 15 is 0 Å². The fourth-order valence-electron chi connectivity index (χ4n) is 4.27. The van der Waals surface area contributed by atoms with Crippen LogP contribution in [0.4, 0.5) is 0 Å². The summed E-state index contributed by atoms with van der Waals surface area (Å²) < 4.78 is 0. The zero-order valence-corrected chi connectivity index (χ0v) is 18.2. The van der Waals surface area contributed by atoms with Gasteiger partial charge in [0.25, 0.3) is 0 Å². The Balaban J connectivity index is 1.51. The summed E-state index contributed by atoms with van der Waals surface area (Å²) in [6.45, 7) is 8.52. The molecule has 0 saturated carbocycles. The lowest BCUT2D eigenvalue weighted by Gasteiger charge is -2.32. The molecule has 0 bridgehead atoms. The van der Waals surface area contributed by atoms with Crippen molar-refractivity contribution in [3.63, 3.8) is 0 Å². The number of nitrogens with one attached hydrogen (secondary N) is 1. The molecule has 1 aromatic heterocycles. The number of fused-ring (bicyclic) bond motifs is 1. The van der Waals surface area contributed by atoms with E-state index in [1.807, 2.05) is 0 Å². The van der Waals surface area contributed by atoms with Crippen LogP contribution in [0.5, 0.6) is 0 Å². The van der Waals surface area contributed by atoms with E-state index in [9.17, 15) is 0 Å². The lowest BCUT2D eigenvalue weighted by Crippen LogP contribution is -2.43. The Bertz CT molecular complexity index is 1010. The molecule has 1 saturated heterocycles. The highest BCUT2D eigenvalue weighted by Crippen LogP contribution is 2.26. The van der Waals surface area contributed by atoms with Gasteiger partial charge in [0.15, 0.2) is 0 Å². The van der Waals surface area contributed by atoms with Crippen molar-refractivity contribution in [3.8, 4) is 0 Å². The number of piperazine rings is 1. The molecule has 1 aliphatic heterocycles. The molecule has 2 heterocycles. The van der Waals surface area contributed by atoms with Gasteiger partial charge >= 0.3 is 0 Å². The molecule has 1 aliphatic rings. The minimum Gasteiger partial charge on any atom is -0.330 e. The van der Waals surface area contributed by atoms with Crippen molar-refractivity contribution >= 4 is 23.1 Å². The summed E-state index contributed by atoms with van der Waals surface area (Å²) in [5, 5.41) is 8.96. The van der Waals surface area contributed by atoms with Crippen molar-refractivity contribution < 1.29 is 0 Å². The van der Waals surface area contributed by atoms with Crippen LogP contribution < -0.4 is 5.73 Å². The minimum absolute atomic E-state index is 0.722. The molecule has 30 heavy (non-hydrogen) atoms. The van der Waals surface area contributed by atoms with Crippen LogP contribution >= 0.6 is 0 Å². The first-order chi connectivity index (χ1) is 14.6. The maximum absolute atomic E-state index is 5.70. The van der Waals surface area contributed by atoms with Gasteiger partial charge in [-0.3, -0.25) is 10.00 Å². The predicted octanol–water partition coefficient (Wildman–Crippen LogP) is 3.68. The van der Waals surface area contributed by atoms with E-state index in [-0.39, 0.29) is 0 Å². The van der Waals surface area contributed by atoms with Gasteiger partial charge in [-0.1, -0.05) is 36.4 Å². The number of aromatic nitrogens is 2. The average molecular weight is 404 g/mol. The molecule has 0 aliphatic carbocycles. The van der Waals surface area contributed by atoms with Crippen molar-refractivity contribution in [2.75, 3.05) is 39.8 Å². The van der Waals surface area contributed by atoms with Crippen LogP contribution in [0.3, 0.4) is 0 Å². The van der Waals surface area contributed by atoms with E-state index in [1.165, 1.54) is 27.6 Å². The summed E-state index contributed by atoms with van der Waals surface area (Å²) in [6.07, 6.45) is 6.33. The Kier molecular flexibility index (Phi) is 6.62. The molecule has 5 nitrogen and oxygen atoms in total. The monoisotopic (exact) mass is 403 g/mol. The van der Waals surface area contributed by atoms with Gasteiger partial charge in [0.05, 0.1) is 11.2 Å². The smallest absolute Gasteiger partial charge is 0.0930 e. The lowest BCUT2D eigenvalue weighted by atomic mass is 9.98. The highest BCUT2D eigenvalue weighted by Gasteiger charge is 2.14. The maximum atomic E-state index is 5.70. The predicted molar refractivity (Wildman–Crippen MR) is 126 cm³/mol. The second kappa shape index (κ2) is 9.56. The number of rotatable bonds is 7. The summed E-state index contributed by atoms with van der Waals surface area (Å²) >= 11 is 0. The molecule has 0 spiro atoms. The molecule has 0 radical (unpaired) electrons. The Morgan fingerprint density at radius 2 is 1.93 bits per heavy atom. The highest BCUT2D eigenvalue weighted by molar-refractivity contribution is 5.92. The Hall–Kier alpha value is -2.47. The zero-order valence-electron chi connectivity index (χ0n) is 18.2. The number of benzene rings is 2. The quantitative estimate of drug-likeness (QED) is 0.632. The van der Waals surface area contributed by atoms with E-state index in [0.717, 1.165) is 63.3 Å². The SMILES string of the molecule is Cc1c(CCCN)ccc2[nH]nc(C=Cc3cccc(CN4CCN(C)CC4)c3)c12. The molecule has 2 aromatic carbocycles. The van der Waals surface area contributed by atoms with Gasteiger partial charge in [-0.25, -0.2) is 0 Å². The number of H-pyrrole nitrogens is 1. The van der Waals surface area contributed by atoms with E-state index in [0.29, 0.717) is 0 Å². The molecule has 3 N–H and O–H groups in total. The van der Waals surface area contributed by atoms with Crippen molar-refractivity contribution in [3.05, 3.63) is 64.3 Å². The van der Waals surface area contributed by atoms with Crippen LogP contribution in [0.25, 0.3) is 23.1 Å². The van der Waals surface area contributed by atoms with Crippen molar-refractivity contribution in [2.24, 2.45) is 5.73 Å². The first kappa shape index (κ1) is 20.8. The third-order valence-electron chi connectivity index (χ3n) is 6.17. The Labute approximate surface area is 179 Å². The van der Waals surface area contributed by atoms with Gasteiger partial charge in [-0.05, 0) is 67.8 Å². The van der Waals surface area contributed by atoms with Gasteiger partial charge in [0.2, 0.25) is 0 Å². The number of nitrogens with zero attached hydrogens (tertiary/aromatic N) is 3. The molecule has 158 valence electrons. The van der Waals surface area contributed by atoms with Crippen LogP contribution in [-0.4, -0.2) is 59.8 Å². The molecular weight excluding hydrogens is 370 g/mol. The zero-order chi connectivity index (χ0) is 20.9. The number of hydrogen-bond acceptors (Lipinski definition) is 4. The van der Waals surface area contributed by atoms with E-state index < -0.39 is 0 Å². The normalized spacial score (nSPS) is 16.1. The van der Waals surface area contributed by atoms with Gasteiger partial charge in [0.1, 0.15) is 0 Å². The standard InChI is InChI=1S/C25H33N5/c1-19-22(7-4-12-26)9-11-24-25(19)23(27-28-24)10-8-20-5-3-6-21(17-20)18-30-15-13-29(2)14-16-30/h3,5-6,8-11,17H,4,7,12-16,18,26H2,1-2H3,(H,27,28). The van der Waals surface area contributed by atoms with Crippen molar-refractivity contribution in [2.45, 2.75) is 26.3 Å². The summed E-state index contributed by atoms with van der Waals surface area (Å²) in [6, 6.07) is 13.2. The van der Waals surface area contributed by atoms with Crippen LogP contribution in [0.1, 0.15) is 34.4 Å². The largest absolute Gasteiger partial charge is 0.330 e. The number of nitrogens with two attached hydrogens (primary N) is 1. The molecule has 5 heteroatoms. The average Bonchev–Trinajstić information content (AvgIpc) is 3.18. The second-order valence-corrected chi connectivity index (χ2v) is 8.43. The van der Waals surface area contributed by atoms with Crippen LogP contribution in [0.15, 0.2) is 36.4 Å². The number of aromatic amines is 1. The molecular formula is C25H33N5. The fourth-order valence-corrected chi connectivity index (χ4v) is 4.27. The number of likely N-dealkylation sites (N-methyl/N-ethyl adjacent to an activating group) is 1. The van der Waals surface area contributed by atoms with Gasteiger partial charge < -0.3 is 10.6 Å². The highest BCUT2D eigenvalue weighted by atomic mass is 15.2. The minimum atomic E-state index is 0.722. The van der Waals surface area contributed by atoms with E-state index in [1.54, 1.807) is 0 Å². The van der Waals surface area contributed by atoms with Gasteiger partial charge in [0, 0.05) is 38.1 Å². The molecule has 0 unspecified atom stereocenters. The fraction of sp³-hybridized carbons (Fsp3) is 0.400. The maximum Gasteiger partial charge on any atom is 0.0930 e. The van der Waals surface area contributed by atoms with Crippen LogP contribution in [0.2, 0.25) is 0 Å². The third-order valence-corrected chi connectivity index (χ3v) is 6.17. The molecule has 0 amide bonds. The summed E-state index contributed by atoms with van der Waals surface area (Å²) in [7, 11) is 2.20. The summed E-state index contributed by atoms with van der Waals surface area (Å²) in [5.74, 6) is 0. The Morgan fingerprint density at radius 3 is 2.73 bits per heavy atom. The third kappa shape index (κ3) is 4.81. The van der Waals surface area contributed by atoms with E-state index in [2.05, 4.69) is 82.5 Å². The lowest BCUT2D eigenvalue weighted by molar-refractivity contribution is 0.148. The number of aryl methyl sites for hydroxylation is 2. The summed E-state index contributed by atoms with van der Waals surface area (Å²) in [5.41, 5.74) is 13.0. The number of hydrogen-bond donors (Lipinski definition) is 2. The molecule has 0 atom stereocenters. The van der Waals surface area contributed by atoms with Gasteiger partial charge in [-0.15, -0.1) is 0 Å². The molecule has 3 aromatic rings. The molecule has 1 fully saturated rings. The van der Waals surface area contributed by atoms with E-state index in [4.69, 9.17) is 5.73 Å². The van der Waals surface area contributed by atoms with Crippen molar-refractivity contribution in [1.29, 1.82) is 0 Å². The molecule has 4 rings (SSSR count). The topological polar surface area (TPSA) is 61.2 Å². The summed E-state index contributed by atoms with van der Waals surface area (Å²) in [4.78, 5) is 4.93. The van der Waals surface area contributed by atoms with Crippen LogP contribution in [-0.2, 0) is 13.0 Å². The van der Waals surface area contributed by atoms with Gasteiger partial charge in [-0.2, -0.15) is 5.10 Å². The van der Waals surface area contributed by atoms with Crippen LogP contribution in [0, 0.1) is 6.92 Å². The first-order valence-corrected chi connectivity index (χ1v) is 11.0. The second-order valence-electron chi connectivity index (χ2n) is 8.43. The first-order valence-electron chi connectivity index (χ1n) is 11.0.